The molecule has 4 saturated carbocycles. The van der Waals surface area contributed by atoms with E-state index in [1.165, 1.54) is 75.5 Å². The Morgan fingerprint density at radius 3 is 2.26 bits per heavy atom. The molecule has 0 aliphatic heterocycles. The fourth-order valence-corrected chi connectivity index (χ4v) is 8.77. The molecule has 3 aromatic rings. The summed E-state index contributed by atoms with van der Waals surface area (Å²) in [6.07, 6.45) is 7.64. The fraction of sp³-hybridized carbons (Fsp3) is 0.406. The number of halogens is 2. The quantitative estimate of drug-likeness (QED) is 0.308. The fourth-order valence-electron chi connectivity index (χ4n) is 8.55. The smallest absolute Gasteiger partial charge is 0.337 e. The summed E-state index contributed by atoms with van der Waals surface area (Å²) in [5.74, 6) is 0.234. The van der Waals surface area contributed by atoms with Gasteiger partial charge in [0.2, 0.25) is 0 Å². The van der Waals surface area contributed by atoms with Gasteiger partial charge in [0.05, 0.1) is 29.1 Å². The third kappa shape index (κ3) is 4.73. The maximum atomic E-state index is 15.0. The van der Waals surface area contributed by atoms with Gasteiger partial charge >= 0.3 is 5.97 Å². The van der Waals surface area contributed by atoms with Gasteiger partial charge in [0, 0.05) is 6.07 Å². The summed E-state index contributed by atoms with van der Waals surface area (Å²) in [7, 11) is 1.45. The molecule has 0 spiro atoms. The number of rotatable bonds is 7. The Morgan fingerprint density at radius 1 is 0.949 bits per heavy atom. The monoisotopic (exact) mass is 549 g/mol. The predicted molar refractivity (Wildman–Crippen MR) is 150 cm³/mol. The van der Waals surface area contributed by atoms with Crippen LogP contribution in [-0.2, 0) is 5.41 Å². The molecule has 2 unspecified atom stereocenters. The molecule has 0 saturated heterocycles. The molecule has 0 radical (unpaired) electrons. The molecule has 4 bridgehead atoms. The van der Waals surface area contributed by atoms with Crippen LogP contribution < -0.4 is 14.8 Å². The number of ether oxygens (including phenoxy) is 2. The molecule has 4 fully saturated rings. The van der Waals surface area contributed by atoms with Gasteiger partial charge in [-0.25, -0.2) is 9.18 Å². The molecule has 204 valence electrons. The van der Waals surface area contributed by atoms with Crippen LogP contribution in [0, 0.1) is 22.6 Å². The summed E-state index contributed by atoms with van der Waals surface area (Å²) in [5, 5.41) is 12.9. The Morgan fingerprint density at radius 2 is 1.64 bits per heavy atom. The highest BCUT2D eigenvalue weighted by Crippen LogP contribution is 2.70. The summed E-state index contributed by atoms with van der Waals surface area (Å²) in [4.78, 5) is 11.7. The van der Waals surface area contributed by atoms with Gasteiger partial charge < -0.3 is 19.9 Å². The molecule has 7 heteroatoms. The molecule has 3 aromatic carbocycles. The standard InChI is InChI=1S/C32H33ClFNO4/c1-30-13-19-14-31(2,16-30)18-32(15-19,17-30)20-4-9-28(24(33)10-20)39-22-6-8-27(25(34)12-22)35-26-7-5-21(38-3)11-23(26)29(36)37/h4-12,19,35H,13-18H2,1-3H3,(H,36,37). The van der Waals surface area contributed by atoms with Gasteiger partial charge in [0.15, 0.2) is 0 Å². The van der Waals surface area contributed by atoms with Gasteiger partial charge in [-0.1, -0.05) is 31.5 Å². The van der Waals surface area contributed by atoms with Gasteiger partial charge in [-0.3, -0.25) is 0 Å². The third-order valence-corrected chi connectivity index (χ3v) is 9.36. The summed E-state index contributed by atoms with van der Waals surface area (Å²) >= 11 is 6.74. The van der Waals surface area contributed by atoms with E-state index in [2.05, 4.69) is 31.3 Å². The van der Waals surface area contributed by atoms with Crippen LogP contribution in [0.3, 0.4) is 0 Å². The first-order valence-corrected chi connectivity index (χ1v) is 13.8. The number of methoxy groups -OCH3 is 1. The van der Waals surface area contributed by atoms with Gasteiger partial charge in [0.25, 0.3) is 0 Å². The summed E-state index contributed by atoms with van der Waals surface area (Å²) in [5.41, 5.74) is 2.62. The van der Waals surface area contributed by atoms with Crippen LogP contribution >= 0.6 is 11.6 Å². The van der Waals surface area contributed by atoms with Crippen molar-refractivity contribution in [2.45, 2.75) is 57.8 Å². The lowest BCUT2D eigenvalue weighted by Crippen LogP contribution is -2.56. The molecule has 5 nitrogen and oxygen atoms in total. The van der Waals surface area contributed by atoms with Crippen molar-refractivity contribution in [3.05, 3.63) is 76.6 Å². The van der Waals surface area contributed by atoms with Crippen LogP contribution in [-0.4, -0.2) is 18.2 Å². The zero-order valence-corrected chi connectivity index (χ0v) is 23.2. The first-order valence-electron chi connectivity index (χ1n) is 13.4. The first-order chi connectivity index (χ1) is 18.5. The number of carboxylic acid groups (broad SMARTS) is 1. The van der Waals surface area contributed by atoms with Crippen molar-refractivity contribution < 1.29 is 23.8 Å². The lowest BCUT2D eigenvalue weighted by Gasteiger charge is -2.65. The summed E-state index contributed by atoms with van der Waals surface area (Å²) in [6.45, 7) is 4.93. The molecule has 4 aliphatic rings. The lowest BCUT2D eigenvalue weighted by atomic mass is 9.39. The van der Waals surface area contributed by atoms with Crippen LogP contribution in [0.25, 0.3) is 0 Å². The van der Waals surface area contributed by atoms with Gasteiger partial charge in [0.1, 0.15) is 23.1 Å². The Kier molecular flexibility index (Phi) is 6.10. The Labute approximate surface area is 233 Å². The maximum Gasteiger partial charge on any atom is 0.337 e. The lowest BCUT2D eigenvalue weighted by molar-refractivity contribution is -0.110. The Balaban J connectivity index is 1.21. The minimum atomic E-state index is -1.15. The number of carbonyl (C=O) groups is 1. The topological polar surface area (TPSA) is 67.8 Å². The molecule has 0 heterocycles. The van der Waals surface area contributed by atoms with E-state index < -0.39 is 11.8 Å². The van der Waals surface area contributed by atoms with Crippen molar-refractivity contribution in [2.24, 2.45) is 16.7 Å². The molecular weight excluding hydrogens is 517 g/mol. The van der Waals surface area contributed by atoms with Gasteiger partial charge in [-0.2, -0.15) is 0 Å². The highest BCUT2D eigenvalue weighted by Gasteiger charge is 2.60. The molecule has 4 aliphatic carbocycles. The van der Waals surface area contributed by atoms with Crippen molar-refractivity contribution in [3.8, 4) is 17.2 Å². The number of nitrogens with one attached hydrogen (secondary N) is 1. The normalized spacial score (nSPS) is 28.8. The molecule has 39 heavy (non-hydrogen) atoms. The number of hydrogen-bond donors (Lipinski definition) is 2. The second-order valence-corrected chi connectivity index (χ2v) is 13.0. The molecule has 7 rings (SSSR count). The van der Waals surface area contributed by atoms with Gasteiger partial charge in [-0.15, -0.1) is 0 Å². The zero-order chi connectivity index (χ0) is 27.6. The molecular formula is C32H33ClFNO4. The molecule has 0 amide bonds. The molecule has 0 aromatic heterocycles. The second-order valence-electron chi connectivity index (χ2n) is 12.6. The Bertz CT molecular complexity index is 1450. The van der Waals surface area contributed by atoms with Crippen LogP contribution in [0.5, 0.6) is 17.2 Å². The van der Waals surface area contributed by atoms with Crippen LogP contribution in [0.2, 0.25) is 5.02 Å². The van der Waals surface area contributed by atoms with Crippen molar-refractivity contribution >= 4 is 28.9 Å². The van der Waals surface area contributed by atoms with Crippen molar-refractivity contribution in [1.82, 2.24) is 0 Å². The van der Waals surface area contributed by atoms with E-state index in [-0.39, 0.29) is 22.4 Å². The van der Waals surface area contributed by atoms with Gasteiger partial charge in [-0.05, 0) is 109 Å². The Hall–Kier alpha value is -3.25. The van der Waals surface area contributed by atoms with E-state index in [4.69, 9.17) is 21.1 Å². The van der Waals surface area contributed by atoms with Crippen LogP contribution in [0.1, 0.15) is 68.3 Å². The van der Waals surface area contributed by atoms with E-state index in [0.29, 0.717) is 33.1 Å². The summed E-state index contributed by atoms with van der Waals surface area (Å²) in [6, 6.07) is 15.0. The number of benzene rings is 3. The van der Waals surface area contributed by atoms with Crippen molar-refractivity contribution in [2.75, 3.05) is 12.4 Å². The average molecular weight is 550 g/mol. The van der Waals surface area contributed by atoms with Crippen LogP contribution in [0.4, 0.5) is 15.8 Å². The number of aromatic carboxylic acids is 1. The second kappa shape index (κ2) is 9.16. The number of carboxylic acids is 1. The minimum absolute atomic E-state index is 0.0250. The predicted octanol–water partition coefficient (Wildman–Crippen LogP) is 8.97. The zero-order valence-electron chi connectivity index (χ0n) is 22.4. The minimum Gasteiger partial charge on any atom is -0.497 e. The number of anilines is 2. The molecule has 2 atom stereocenters. The van der Waals surface area contributed by atoms with E-state index in [9.17, 15) is 9.90 Å². The highest BCUT2D eigenvalue weighted by molar-refractivity contribution is 6.32. The van der Waals surface area contributed by atoms with Crippen molar-refractivity contribution in [1.29, 1.82) is 0 Å². The van der Waals surface area contributed by atoms with Crippen molar-refractivity contribution in [3.63, 3.8) is 0 Å². The van der Waals surface area contributed by atoms with E-state index in [0.717, 1.165) is 5.92 Å². The molecule has 2 N–H and O–H groups in total. The SMILES string of the molecule is COc1ccc(Nc2ccc(Oc3ccc(C45CC6CC(C)(CC(C)(C6)C4)C5)cc3Cl)cc2F)c(C(=O)O)c1. The average Bonchev–Trinajstić information content (AvgIpc) is 2.84. The largest absolute Gasteiger partial charge is 0.497 e. The maximum absolute atomic E-state index is 15.0. The third-order valence-electron chi connectivity index (χ3n) is 9.07. The first kappa shape index (κ1) is 26.0. The van der Waals surface area contributed by atoms with E-state index in [1.54, 1.807) is 12.1 Å². The highest BCUT2D eigenvalue weighted by atomic mass is 35.5. The van der Waals surface area contributed by atoms with E-state index in [1.807, 2.05) is 6.07 Å². The van der Waals surface area contributed by atoms with Crippen LogP contribution in [0.15, 0.2) is 54.6 Å². The van der Waals surface area contributed by atoms with E-state index >= 15 is 4.39 Å². The summed E-state index contributed by atoms with van der Waals surface area (Å²) < 4.78 is 26.1. The number of hydrogen-bond acceptors (Lipinski definition) is 4.